The molecule has 11 heavy (non-hydrogen) atoms. The number of rotatable bonds is 4. The summed E-state index contributed by atoms with van der Waals surface area (Å²) in [6.45, 7) is 3.30. The van der Waals surface area contributed by atoms with Crippen LogP contribution in [0.15, 0.2) is 0 Å². The van der Waals surface area contributed by atoms with Gasteiger partial charge in [0.15, 0.2) is 0 Å². The zero-order valence-electron chi connectivity index (χ0n) is 7.20. The average molecular weight is 166 g/mol. The summed E-state index contributed by atoms with van der Waals surface area (Å²) < 4.78 is 23.3. The predicted molar refractivity (Wildman–Crippen MR) is 41.4 cm³/mol. The number of nitrogens with two attached hydrogens (primary N) is 1. The lowest BCUT2D eigenvalue weighted by atomic mass is 9.90. The van der Waals surface area contributed by atoms with Crippen LogP contribution in [0.25, 0.3) is 0 Å². The van der Waals surface area contributed by atoms with Crippen molar-refractivity contribution in [2.24, 2.45) is 11.7 Å². The summed E-state index contributed by atoms with van der Waals surface area (Å²) in [5.41, 5.74) is 5.28. The van der Waals surface area contributed by atoms with Gasteiger partial charge in [0.05, 0.1) is 0 Å². The monoisotopic (exact) mass is 166 g/mol. The number of hydrogen-bond acceptors (Lipinski definition) is 2. The maximum atomic E-state index is 11.6. The highest BCUT2D eigenvalue weighted by Gasteiger charge is 2.20. The van der Waals surface area contributed by atoms with Crippen molar-refractivity contribution >= 4 is 0 Å². The molecule has 0 saturated heterocycles. The summed E-state index contributed by atoms with van der Waals surface area (Å²) in [6.07, 6.45) is 0. The van der Waals surface area contributed by atoms with E-state index in [4.69, 9.17) is 5.73 Å². The Balaban J connectivity index is 3.61. The van der Waals surface area contributed by atoms with Crippen molar-refractivity contribution in [3.8, 4) is 0 Å². The van der Waals surface area contributed by atoms with Gasteiger partial charge >= 0.3 is 0 Å². The van der Waals surface area contributed by atoms with Crippen LogP contribution in [0.5, 0.6) is 0 Å². The fraction of sp³-hybridized carbons (Fsp3) is 1.00. The minimum Gasteiger partial charge on any atom is -0.325 e. The van der Waals surface area contributed by atoms with Crippen LogP contribution in [-0.2, 0) is 0 Å². The van der Waals surface area contributed by atoms with Crippen LogP contribution in [0.1, 0.15) is 20.8 Å². The Morgan fingerprint density at radius 3 is 2.18 bits per heavy atom. The normalized spacial score (nSPS) is 15.5. The van der Waals surface area contributed by atoms with E-state index in [1.165, 1.54) is 0 Å². The van der Waals surface area contributed by atoms with E-state index < -0.39 is 12.1 Å². The first-order chi connectivity index (χ1) is 4.84. The molecule has 0 bridgehead atoms. The van der Waals surface area contributed by atoms with E-state index in [1.807, 2.05) is 26.1 Å². The van der Waals surface area contributed by atoms with Gasteiger partial charge in [0, 0.05) is 12.1 Å². The first-order valence-corrected chi connectivity index (χ1v) is 3.64. The fourth-order valence-electron chi connectivity index (χ4n) is 0.529. The highest BCUT2D eigenvalue weighted by atomic mass is 19.3. The van der Waals surface area contributed by atoms with E-state index in [1.54, 1.807) is 0 Å². The molecule has 1 unspecified atom stereocenters. The van der Waals surface area contributed by atoms with E-state index in [9.17, 15) is 8.78 Å². The number of hydrogen-bond donors (Lipinski definition) is 2. The van der Waals surface area contributed by atoms with Crippen LogP contribution >= 0.6 is 0 Å². The molecule has 0 aromatic rings. The summed E-state index contributed by atoms with van der Waals surface area (Å²) in [7, 11) is 0. The maximum absolute atomic E-state index is 11.6. The Labute approximate surface area is 66.1 Å². The van der Waals surface area contributed by atoms with Crippen LogP contribution in [0.2, 0.25) is 0 Å². The van der Waals surface area contributed by atoms with Crippen molar-refractivity contribution in [1.82, 2.24) is 5.32 Å². The van der Waals surface area contributed by atoms with Crippen molar-refractivity contribution in [3.05, 3.63) is 0 Å². The van der Waals surface area contributed by atoms with Gasteiger partial charge < -0.3 is 5.73 Å². The molecule has 0 aromatic carbocycles. The minimum absolute atomic E-state index is 0.0384. The first-order valence-electron chi connectivity index (χ1n) is 3.64. The second kappa shape index (κ2) is 3.97. The van der Waals surface area contributed by atoms with Crippen molar-refractivity contribution in [3.63, 3.8) is 0 Å². The van der Waals surface area contributed by atoms with Crippen LogP contribution < -0.4 is 11.1 Å². The maximum Gasteiger partial charge on any atom is 0.292 e. The van der Waals surface area contributed by atoms with Crippen molar-refractivity contribution < 1.29 is 8.78 Å². The second-order valence-corrected chi connectivity index (χ2v) is 3.43. The van der Waals surface area contributed by atoms with Crippen molar-refractivity contribution in [1.29, 1.82) is 0 Å². The van der Waals surface area contributed by atoms with Crippen LogP contribution in [0.3, 0.4) is 0 Å². The standard InChI is InChI=1S/C7H16F2N2/c1-5(7(2,3)10)4-11-6(8)9/h5-6,11H,4,10H2,1-3H3. The van der Waals surface area contributed by atoms with Crippen molar-refractivity contribution in [2.75, 3.05) is 6.54 Å². The van der Waals surface area contributed by atoms with Gasteiger partial charge in [0.1, 0.15) is 0 Å². The third-order valence-corrected chi connectivity index (χ3v) is 1.85. The van der Waals surface area contributed by atoms with Gasteiger partial charge in [-0.25, -0.2) is 0 Å². The molecule has 4 heteroatoms. The molecule has 0 radical (unpaired) electrons. The Morgan fingerprint density at radius 2 is 1.91 bits per heavy atom. The lowest BCUT2D eigenvalue weighted by molar-refractivity contribution is 0.0980. The molecule has 0 spiro atoms. The summed E-state index contributed by atoms with van der Waals surface area (Å²) in [4.78, 5) is 0. The Hall–Kier alpha value is -0.220. The molecular formula is C7H16F2N2. The third-order valence-electron chi connectivity index (χ3n) is 1.85. The van der Waals surface area contributed by atoms with Crippen molar-refractivity contribution in [2.45, 2.75) is 32.9 Å². The molecule has 2 nitrogen and oxygen atoms in total. The van der Waals surface area contributed by atoms with E-state index >= 15 is 0 Å². The third kappa shape index (κ3) is 5.09. The topological polar surface area (TPSA) is 38.0 Å². The molecule has 1 atom stereocenters. The Bertz CT molecular complexity index is 109. The molecular weight excluding hydrogens is 150 g/mol. The number of alkyl halides is 2. The zero-order valence-corrected chi connectivity index (χ0v) is 7.20. The largest absolute Gasteiger partial charge is 0.325 e. The fourth-order valence-corrected chi connectivity index (χ4v) is 0.529. The molecule has 0 aliphatic carbocycles. The minimum atomic E-state index is -2.44. The lowest BCUT2D eigenvalue weighted by Gasteiger charge is -2.27. The Morgan fingerprint density at radius 1 is 1.45 bits per heavy atom. The van der Waals surface area contributed by atoms with E-state index in [0.717, 1.165) is 0 Å². The highest BCUT2D eigenvalue weighted by Crippen LogP contribution is 2.11. The van der Waals surface area contributed by atoms with Gasteiger partial charge in [-0.05, 0) is 19.8 Å². The van der Waals surface area contributed by atoms with Gasteiger partial charge in [-0.3, -0.25) is 5.32 Å². The zero-order chi connectivity index (χ0) is 9.07. The predicted octanol–water partition coefficient (Wildman–Crippen LogP) is 1.17. The second-order valence-electron chi connectivity index (χ2n) is 3.43. The highest BCUT2D eigenvalue weighted by molar-refractivity contribution is 4.80. The molecule has 0 saturated carbocycles. The summed E-state index contributed by atoms with van der Waals surface area (Å²) in [6, 6.07) is 0. The quantitative estimate of drug-likeness (QED) is 0.615. The van der Waals surface area contributed by atoms with Gasteiger partial charge in [0.2, 0.25) is 0 Å². The van der Waals surface area contributed by atoms with E-state index in [2.05, 4.69) is 0 Å². The van der Waals surface area contributed by atoms with Gasteiger partial charge in [0.25, 0.3) is 6.55 Å². The molecule has 0 rings (SSSR count). The number of nitrogens with one attached hydrogen (secondary N) is 1. The van der Waals surface area contributed by atoms with E-state index in [0.29, 0.717) is 0 Å². The summed E-state index contributed by atoms with van der Waals surface area (Å²) in [5, 5.41) is 2.04. The molecule has 0 heterocycles. The lowest BCUT2D eigenvalue weighted by Crippen LogP contribution is -2.44. The van der Waals surface area contributed by atoms with Gasteiger partial charge in [-0.2, -0.15) is 8.78 Å². The van der Waals surface area contributed by atoms with Gasteiger partial charge in [-0.15, -0.1) is 0 Å². The Kier molecular flexibility index (Phi) is 3.89. The van der Waals surface area contributed by atoms with Crippen LogP contribution in [0, 0.1) is 5.92 Å². The molecule has 0 fully saturated rings. The molecule has 68 valence electrons. The average Bonchev–Trinajstić information content (AvgIpc) is 1.80. The first kappa shape index (κ1) is 10.8. The molecule has 0 aliphatic rings. The van der Waals surface area contributed by atoms with Crippen LogP contribution in [-0.4, -0.2) is 18.6 Å². The summed E-state index contributed by atoms with van der Waals surface area (Å²) >= 11 is 0. The smallest absolute Gasteiger partial charge is 0.292 e. The molecule has 3 N–H and O–H groups in total. The molecule has 0 aliphatic heterocycles. The van der Waals surface area contributed by atoms with Gasteiger partial charge in [-0.1, -0.05) is 6.92 Å². The molecule has 0 amide bonds. The van der Waals surface area contributed by atoms with E-state index in [-0.39, 0.29) is 12.5 Å². The SMILES string of the molecule is CC(CNC(F)F)C(C)(C)N. The molecule has 0 aromatic heterocycles. The van der Waals surface area contributed by atoms with Crippen LogP contribution in [0.4, 0.5) is 8.78 Å². The summed E-state index contributed by atoms with van der Waals surface area (Å²) in [5.74, 6) is 0.0384. The number of halogens is 2.